The number of aromatic nitrogens is 3. The van der Waals surface area contributed by atoms with Crippen molar-refractivity contribution in [3.63, 3.8) is 0 Å². The molecule has 0 aromatic carbocycles. The molecular formula is C22H31N5O3. The molecule has 8 nitrogen and oxygen atoms in total. The molecule has 1 amide bonds. The van der Waals surface area contributed by atoms with Crippen LogP contribution < -0.4 is 10.9 Å². The van der Waals surface area contributed by atoms with Gasteiger partial charge < -0.3 is 9.84 Å². The van der Waals surface area contributed by atoms with Gasteiger partial charge in [0.15, 0.2) is 0 Å². The fourth-order valence-corrected chi connectivity index (χ4v) is 4.68. The number of amides is 1. The van der Waals surface area contributed by atoms with E-state index in [1.165, 1.54) is 0 Å². The van der Waals surface area contributed by atoms with Crippen molar-refractivity contribution in [2.75, 3.05) is 19.6 Å². The largest absolute Gasteiger partial charge is 0.361 e. The molecule has 2 aromatic heterocycles. The molecule has 8 heteroatoms. The van der Waals surface area contributed by atoms with Crippen LogP contribution in [0.3, 0.4) is 0 Å². The fourth-order valence-electron chi connectivity index (χ4n) is 4.68. The highest BCUT2D eigenvalue weighted by molar-refractivity contribution is 5.96. The topological polar surface area (TPSA) is 93.3 Å². The molecule has 1 aliphatic carbocycles. The second kappa shape index (κ2) is 9.12. The number of aryl methyl sites for hydroxylation is 4. The molecule has 162 valence electrons. The number of carbonyl (C=O) groups excluding carboxylic acids is 1. The Hall–Kier alpha value is -2.48. The Morgan fingerprint density at radius 3 is 2.83 bits per heavy atom. The minimum absolute atomic E-state index is 0.00378. The Kier molecular flexibility index (Phi) is 6.32. The zero-order valence-electron chi connectivity index (χ0n) is 17.9. The van der Waals surface area contributed by atoms with E-state index in [0.717, 1.165) is 69.3 Å². The maximum Gasteiger partial charge on any atom is 0.267 e. The maximum atomic E-state index is 12.6. The highest BCUT2D eigenvalue weighted by Gasteiger charge is 2.25. The van der Waals surface area contributed by atoms with Crippen molar-refractivity contribution in [2.45, 2.75) is 71.4 Å². The Balaban J connectivity index is 1.37. The third-order valence-corrected chi connectivity index (χ3v) is 6.38. The molecule has 1 unspecified atom stereocenters. The number of rotatable bonds is 6. The van der Waals surface area contributed by atoms with E-state index in [-0.39, 0.29) is 17.5 Å². The lowest BCUT2D eigenvalue weighted by atomic mass is 9.97. The molecule has 2 aliphatic rings. The number of nitrogens with one attached hydrogen (secondary N) is 1. The summed E-state index contributed by atoms with van der Waals surface area (Å²) >= 11 is 0. The van der Waals surface area contributed by atoms with Crippen molar-refractivity contribution < 1.29 is 9.32 Å². The second-order valence-corrected chi connectivity index (χ2v) is 8.48. The molecule has 0 radical (unpaired) electrons. The molecule has 1 aliphatic heterocycles. The fraction of sp³-hybridized carbons (Fsp3) is 0.636. The summed E-state index contributed by atoms with van der Waals surface area (Å²) in [6.45, 7) is 6.44. The van der Waals surface area contributed by atoms with Gasteiger partial charge in [0.25, 0.3) is 11.5 Å². The lowest BCUT2D eigenvalue weighted by molar-refractivity contribution is 0.0907. The van der Waals surface area contributed by atoms with E-state index in [0.29, 0.717) is 30.1 Å². The standard InChI is InChI=1S/C22H31N5O3/c1-15-21(16(2)30-25-15)22(29)23-14-18-8-5-6-10-26(18)11-12-27-20(28)13-17-7-3-4-9-19(17)24-27/h13,18H,3-12,14H2,1-2H3,(H,23,29). The highest BCUT2D eigenvalue weighted by atomic mass is 16.5. The van der Waals surface area contributed by atoms with Crippen LogP contribution in [0.15, 0.2) is 15.4 Å². The summed E-state index contributed by atoms with van der Waals surface area (Å²) < 4.78 is 6.73. The van der Waals surface area contributed by atoms with E-state index in [4.69, 9.17) is 4.52 Å². The van der Waals surface area contributed by atoms with E-state index < -0.39 is 0 Å². The monoisotopic (exact) mass is 413 g/mol. The van der Waals surface area contributed by atoms with Crippen molar-refractivity contribution in [1.82, 2.24) is 25.2 Å². The van der Waals surface area contributed by atoms with Crippen LogP contribution in [0.5, 0.6) is 0 Å². The van der Waals surface area contributed by atoms with Crippen molar-refractivity contribution >= 4 is 5.91 Å². The van der Waals surface area contributed by atoms with Crippen molar-refractivity contribution in [1.29, 1.82) is 0 Å². The van der Waals surface area contributed by atoms with Gasteiger partial charge in [-0.15, -0.1) is 0 Å². The van der Waals surface area contributed by atoms with Crippen molar-refractivity contribution in [2.24, 2.45) is 0 Å². The van der Waals surface area contributed by atoms with Crippen LogP contribution in [0.1, 0.15) is 65.2 Å². The first-order valence-electron chi connectivity index (χ1n) is 11.1. The van der Waals surface area contributed by atoms with Gasteiger partial charge >= 0.3 is 0 Å². The molecule has 4 rings (SSSR count). The van der Waals surface area contributed by atoms with Gasteiger partial charge in [-0.05, 0) is 64.5 Å². The predicted molar refractivity (Wildman–Crippen MR) is 113 cm³/mol. The van der Waals surface area contributed by atoms with Crippen molar-refractivity contribution in [3.05, 3.63) is 44.7 Å². The molecule has 0 saturated carbocycles. The maximum absolute atomic E-state index is 12.6. The van der Waals surface area contributed by atoms with Gasteiger partial charge in [-0.25, -0.2) is 4.68 Å². The summed E-state index contributed by atoms with van der Waals surface area (Å²) in [5, 5.41) is 11.6. The van der Waals surface area contributed by atoms with E-state index >= 15 is 0 Å². The predicted octanol–water partition coefficient (Wildman–Crippen LogP) is 2.01. The Labute approximate surface area is 176 Å². The smallest absolute Gasteiger partial charge is 0.267 e. The van der Waals surface area contributed by atoms with Crippen molar-refractivity contribution in [3.8, 4) is 0 Å². The number of carbonyl (C=O) groups is 1. The average molecular weight is 414 g/mol. The summed E-state index contributed by atoms with van der Waals surface area (Å²) in [5.41, 5.74) is 3.35. The van der Waals surface area contributed by atoms with Gasteiger partial charge in [-0.2, -0.15) is 5.10 Å². The number of fused-ring (bicyclic) bond motifs is 1. The Morgan fingerprint density at radius 1 is 1.20 bits per heavy atom. The molecule has 1 saturated heterocycles. The molecule has 1 N–H and O–H groups in total. The third-order valence-electron chi connectivity index (χ3n) is 6.38. The van der Waals surface area contributed by atoms with Crippen LogP contribution in [0, 0.1) is 13.8 Å². The van der Waals surface area contributed by atoms with E-state index in [2.05, 4.69) is 20.5 Å². The van der Waals surface area contributed by atoms with Gasteiger partial charge in [0.2, 0.25) is 0 Å². The second-order valence-electron chi connectivity index (χ2n) is 8.48. The van der Waals surface area contributed by atoms with Crippen LogP contribution in [-0.2, 0) is 19.4 Å². The minimum Gasteiger partial charge on any atom is -0.361 e. The van der Waals surface area contributed by atoms with Gasteiger partial charge in [-0.3, -0.25) is 14.5 Å². The van der Waals surface area contributed by atoms with Crippen LogP contribution in [0.25, 0.3) is 0 Å². The van der Waals surface area contributed by atoms with Gasteiger partial charge in [0, 0.05) is 25.2 Å². The molecule has 2 aromatic rings. The minimum atomic E-state index is -0.135. The highest BCUT2D eigenvalue weighted by Crippen LogP contribution is 2.19. The van der Waals surface area contributed by atoms with Crippen LogP contribution in [0.2, 0.25) is 0 Å². The third kappa shape index (κ3) is 4.48. The van der Waals surface area contributed by atoms with Gasteiger partial charge in [-0.1, -0.05) is 11.6 Å². The summed E-state index contributed by atoms with van der Waals surface area (Å²) in [6, 6.07) is 2.04. The van der Waals surface area contributed by atoms with Gasteiger partial charge in [0.05, 0.1) is 17.9 Å². The molecule has 3 heterocycles. The molecule has 1 atom stereocenters. The Morgan fingerprint density at radius 2 is 2.03 bits per heavy atom. The van der Waals surface area contributed by atoms with Crippen LogP contribution in [0.4, 0.5) is 0 Å². The van der Waals surface area contributed by atoms with E-state index in [1.54, 1.807) is 24.6 Å². The summed E-state index contributed by atoms with van der Waals surface area (Å²) in [6.07, 6.45) is 7.56. The normalized spacial score (nSPS) is 19.5. The average Bonchev–Trinajstić information content (AvgIpc) is 3.09. The SMILES string of the molecule is Cc1noc(C)c1C(=O)NCC1CCCCN1CCn1nc2c(cc1=O)CCCC2. The lowest BCUT2D eigenvalue weighted by Crippen LogP contribution is -2.48. The molecule has 0 bridgehead atoms. The van der Waals surface area contributed by atoms with Gasteiger partial charge in [0.1, 0.15) is 11.3 Å². The first-order chi connectivity index (χ1) is 14.5. The number of piperidine rings is 1. The zero-order chi connectivity index (χ0) is 21.1. The molecule has 0 spiro atoms. The number of hydrogen-bond acceptors (Lipinski definition) is 6. The number of hydrogen-bond donors (Lipinski definition) is 1. The number of nitrogens with zero attached hydrogens (tertiary/aromatic N) is 4. The summed E-state index contributed by atoms with van der Waals surface area (Å²) in [7, 11) is 0. The zero-order valence-corrected chi connectivity index (χ0v) is 17.9. The lowest BCUT2D eigenvalue weighted by Gasteiger charge is -2.35. The Bertz CT molecular complexity index is 945. The van der Waals surface area contributed by atoms with Crippen LogP contribution in [-0.4, -0.2) is 51.4 Å². The first-order valence-corrected chi connectivity index (χ1v) is 11.1. The van der Waals surface area contributed by atoms with Crippen LogP contribution >= 0.6 is 0 Å². The quantitative estimate of drug-likeness (QED) is 0.779. The molecule has 1 fully saturated rings. The van der Waals surface area contributed by atoms with E-state index in [9.17, 15) is 9.59 Å². The van der Waals surface area contributed by atoms with E-state index in [1.807, 2.05) is 0 Å². The number of likely N-dealkylation sites (tertiary alicyclic amines) is 1. The summed E-state index contributed by atoms with van der Waals surface area (Å²) in [5.74, 6) is 0.410. The molecule has 30 heavy (non-hydrogen) atoms. The summed E-state index contributed by atoms with van der Waals surface area (Å²) in [4.78, 5) is 27.4. The first kappa shape index (κ1) is 20.8. The molecular weight excluding hydrogens is 382 g/mol.